The minimum atomic E-state index is 0.0000983. The number of carbonyl (C=O) groups is 2. The van der Waals surface area contributed by atoms with Crippen molar-refractivity contribution >= 4 is 17.8 Å². The lowest BCUT2D eigenvalue weighted by Crippen LogP contribution is -2.45. The Kier molecular flexibility index (Phi) is 2.40. The minimum Gasteiger partial charge on any atom is -0.340 e. The van der Waals surface area contributed by atoms with Crippen molar-refractivity contribution in [3.05, 3.63) is 41.1 Å². The van der Waals surface area contributed by atoms with Gasteiger partial charge in [-0.2, -0.15) is 0 Å². The highest BCUT2D eigenvalue weighted by molar-refractivity contribution is 6.16. The summed E-state index contributed by atoms with van der Waals surface area (Å²) in [5, 5.41) is 0. The van der Waals surface area contributed by atoms with Gasteiger partial charge in [0.25, 0.3) is 0 Å². The third kappa shape index (κ3) is 1.41. The molecule has 2 heterocycles. The summed E-state index contributed by atoms with van der Waals surface area (Å²) in [6.45, 7) is 2.20. The standard InChI is InChI=1S/C17H17NO2/c1-10-6-12-15(7-10)18-14-5-3-2-4-11(14)8-16(18)13(9-19)17(12)20/h2-5,9-10,12,15H,6-8H2,1H3. The van der Waals surface area contributed by atoms with Gasteiger partial charge in [-0.25, -0.2) is 0 Å². The Morgan fingerprint density at radius 1 is 1.25 bits per heavy atom. The Balaban J connectivity index is 1.92. The summed E-state index contributed by atoms with van der Waals surface area (Å²) in [5.41, 5.74) is 3.77. The average Bonchev–Trinajstić information content (AvgIpc) is 2.99. The molecule has 1 fully saturated rings. The van der Waals surface area contributed by atoms with Gasteiger partial charge in [0, 0.05) is 29.8 Å². The lowest BCUT2D eigenvalue weighted by Gasteiger charge is -2.37. The van der Waals surface area contributed by atoms with E-state index in [1.807, 2.05) is 12.1 Å². The fraction of sp³-hybridized carbons (Fsp3) is 0.412. The number of allylic oxidation sites excluding steroid dienone is 2. The summed E-state index contributed by atoms with van der Waals surface area (Å²) in [6, 6.07) is 8.52. The van der Waals surface area contributed by atoms with Crippen LogP contribution >= 0.6 is 0 Å². The van der Waals surface area contributed by atoms with Crippen molar-refractivity contribution in [3.63, 3.8) is 0 Å². The summed E-state index contributed by atoms with van der Waals surface area (Å²) >= 11 is 0. The van der Waals surface area contributed by atoms with E-state index in [0.29, 0.717) is 17.9 Å². The number of anilines is 1. The van der Waals surface area contributed by atoms with Crippen molar-refractivity contribution in [1.29, 1.82) is 0 Å². The van der Waals surface area contributed by atoms with E-state index in [1.54, 1.807) is 0 Å². The molecule has 4 rings (SSSR count). The monoisotopic (exact) mass is 267 g/mol. The fourth-order valence-corrected chi connectivity index (χ4v) is 4.21. The maximum atomic E-state index is 12.6. The predicted octanol–water partition coefficient (Wildman–Crippen LogP) is 2.50. The Labute approximate surface area is 118 Å². The fourth-order valence-electron chi connectivity index (χ4n) is 4.21. The van der Waals surface area contributed by atoms with Gasteiger partial charge in [-0.1, -0.05) is 25.1 Å². The van der Waals surface area contributed by atoms with Gasteiger partial charge in [0.1, 0.15) is 0 Å². The molecule has 2 aliphatic heterocycles. The largest absolute Gasteiger partial charge is 0.340 e. The van der Waals surface area contributed by atoms with Crippen molar-refractivity contribution < 1.29 is 9.59 Å². The molecule has 1 aromatic carbocycles. The van der Waals surface area contributed by atoms with Crippen LogP contribution in [0.15, 0.2) is 35.5 Å². The molecule has 0 N–H and O–H groups in total. The first-order valence-corrected chi connectivity index (χ1v) is 7.30. The second kappa shape index (κ2) is 4.05. The molecule has 3 unspecified atom stereocenters. The van der Waals surface area contributed by atoms with Crippen LogP contribution in [0.1, 0.15) is 25.3 Å². The van der Waals surface area contributed by atoms with E-state index in [4.69, 9.17) is 0 Å². The Bertz CT molecular complexity index is 646. The summed E-state index contributed by atoms with van der Waals surface area (Å²) in [5.74, 6) is 0.627. The second-order valence-electron chi connectivity index (χ2n) is 6.27. The van der Waals surface area contributed by atoms with Crippen LogP contribution in [0.4, 0.5) is 5.69 Å². The molecule has 0 aromatic heterocycles. The number of hydrogen-bond donors (Lipinski definition) is 0. The Morgan fingerprint density at radius 3 is 2.85 bits per heavy atom. The van der Waals surface area contributed by atoms with Gasteiger partial charge in [-0.05, 0) is 30.4 Å². The zero-order valence-electron chi connectivity index (χ0n) is 11.5. The average molecular weight is 267 g/mol. The lowest BCUT2D eigenvalue weighted by molar-refractivity contribution is -0.121. The zero-order chi connectivity index (χ0) is 13.9. The van der Waals surface area contributed by atoms with Crippen LogP contribution in [0.25, 0.3) is 0 Å². The van der Waals surface area contributed by atoms with Gasteiger partial charge in [0.05, 0.1) is 5.57 Å². The summed E-state index contributed by atoms with van der Waals surface area (Å²) in [7, 11) is 0. The minimum absolute atomic E-state index is 0.0000983. The number of ketones is 1. The SMILES string of the molecule is CC1CC2C(=O)C(C=O)=C3Cc4ccccc4N3C2C1. The maximum absolute atomic E-state index is 12.6. The van der Waals surface area contributed by atoms with Crippen LogP contribution in [0.2, 0.25) is 0 Å². The summed E-state index contributed by atoms with van der Waals surface area (Å²) in [4.78, 5) is 26.3. The first-order chi connectivity index (χ1) is 9.70. The van der Waals surface area contributed by atoms with Gasteiger partial charge in [0.15, 0.2) is 12.1 Å². The van der Waals surface area contributed by atoms with E-state index in [-0.39, 0.29) is 17.7 Å². The van der Waals surface area contributed by atoms with Crippen LogP contribution < -0.4 is 4.90 Å². The smallest absolute Gasteiger partial charge is 0.173 e. The number of para-hydroxylation sites is 1. The molecule has 1 aliphatic carbocycles. The van der Waals surface area contributed by atoms with E-state index >= 15 is 0 Å². The predicted molar refractivity (Wildman–Crippen MR) is 76.4 cm³/mol. The summed E-state index contributed by atoms with van der Waals surface area (Å²) < 4.78 is 0. The normalized spacial score (nSPS) is 31.1. The highest BCUT2D eigenvalue weighted by atomic mass is 16.1. The molecule has 1 saturated carbocycles. The van der Waals surface area contributed by atoms with Crippen LogP contribution in [0.5, 0.6) is 0 Å². The molecular formula is C17H17NO2. The number of aldehydes is 1. The van der Waals surface area contributed by atoms with E-state index in [1.165, 1.54) is 11.3 Å². The van der Waals surface area contributed by atoms with E-state index in [0.717, 1.165) is 24.8 Å². The Morgan fingerprint density at radius 2 is 2.05 bits per heavy atom. The molecule has 20 heavy (non-hydrogen) atoms. The molecule has 102 valence electrons. The van der Waals surface area contributed by atoms with E-state index < -0.39 is 0 Å². The number of hydrogen-bond acceptors (Lipinski definition) is 3. The highest BCUT2D eigenvalue weighted by Crippen LogP contribution is 2.48. The van der Waals surface area contributed by atoms with Crippen LogP contribution in [0.3, 0.4) is 0 Å². The number of fused-ring (bicyclic) bond motifs is 5. The van der Waals surface area contributed by atoms with Gasteiger partial charge in [0.2, 0.25) is 0 Å². The van der Waals surface area contributed by atoms with Gasteiger partial charge in [-0.3, -0.25) is 9.59 Å². The van der Waals surface area contributed by atoms with Gasteiger partial charge in [-0.15, -0.1) is 0 Å². The van der Waals surface area contributed by atoms with E-state index in [2.05, 4.69) is 24.0 Å². The first-order valence-electron chi connectivity index (χ1n) is 7.30. The number of Topliss-reactive ketones (excluding diaryl/α,β-unsaturated/α-hetero) is 1. The molecule has 3 atom stereocenters. The number of benzene rings is 1. The van der Waals surface area contributed by atoms with Gasteiger partial charge >= 0.3 is 0 Å². The van der Waals surface area contributed by atoms with Crippen molar-refractivity contribution in [2.24, 2.45) is 11.8 Å². The lowest BCUT2D eigenvalue weighted by atomic mass is 9.87. The third-order valence-corrected chi connectivity index (χ3v) is 5.03. The quantitative estimate of drug-likeness (QED) is 0.579. The number of rotatable bonds is 1. The maximum Gasteiger partial charge on any atom is 0.173 e. The Hall–Kier alpha value is -1.90. The molecule has 3 heteroatoms. The molecule has 0 amide bonds. The van der Waals surface area contributed by atoms with Crippen molar-refractivity contribution in [3.8, 4) is 0 Å². The molecule has 3 aliphatic rings. The molecule has 0 saturated heterocycles. The number of carbonyl (C=O) groups excluding carboxylic acids is 2. The van der Waals surface area contributed by atoms with Crippen molar-refractivity contribution in [2.45, 2.75) is 32.2 Å². The summed E-state index contributed by atoms with van der Waals surface area (Å²) in [6.07, 6.45) is 3.44. The van der Waals surface area contributed by atoms with Crippen LogP contribution in [-0.2, 0) is 16.0 Å². The molecular weight excluding hydrogens is 250 g/mol. The van der Waals surface area contributed by atoms with Crippen molar-refractivity contribution in [2.75, 3.05) is 4.90 Å². The highest BCUT2D eigenvalue weighted by Gasteiger charge is 2.48. The first kappa shape index (κ1) is 11.9. The molecule has 0 bridgehead atoms. The zero-order valence-corrected chi connectivity index (χ0v) is 11.5. The topological polar surface area (TPSA) is 37.4 Å². The molecule has 0 spiro atoms. The van der Waals surface area contributed by atoms with Crippen LogP contribution in [-0.4, -0.2) is 18.1 Å². The van der Waals surface area contributed by atoms with Gasteiger partial charge < -0.3 is 4.90 Å². The molecule has 0 radical (unpaired) electrons. The number of nitrogens with zero attached hydrogens (tertiary/aromatic N) is 1. The van der Waals surface area contributed by atoms with E-state index in [9.17, 15) is 9.59 Å². The van der Waals surface area contributed by atoms with Crippen molar-refractivity contribution in [1.82, 2.24) is 0 Å². The molecule has 1 aromatic rings. The second-order valence-corrected chi connectivity index (χ2v) is 6.27. The molecule has 3 nitrogen and oxygen atoms in total. The van der Waals surface area contributed by atoms with Crippen LogP contribution in [0, 0.1) is 11.8 Å². The third-order valence-electron chi connectivity index (χ3n) is 5.03.